The first kappa shape index (κ1) is 22.8. The highest BCUT2D eigenvalue weighted by Crippen LogP contribution is 2.30. The average molecular weight is 450 g/mol. The lowest BCUT2D eigenvalue weighted by molar-refractivity contribution is -0.137. The van der Waals surface area contributed by atoms with Crippen LogP contribution >= 0.6 is 0 Å². The Bertz CT molecular complexity index is 1130. The highest BCUT2D eigenvalue weighted by Gasteiger charge is 2.30. The molecular weight excluding hydrogens is 432 g/mol. The van der Waals surface area contributed by atoms with E-state index in [2.05, 4.69) is 15.7 Å². The molecule has 2 N–H and O–H groups in total. The molecule has 2 amide bonds. The van der Waals surface area contributed by atoms with Gasteiger partial charge in [-0.2, -0.15) is 18.3 Å². The normalized spacial score (nSPS) is 11.2. The van der Waals surface area contributed by atoms with Gasteiger partial charge in [0.25, 0.3) is 11.8 Å². The molecule has 0 saturated heterocycles. The Kier molecular flexibility index (Phi) is 6.76. The van der Waals surface area contributed by atoms with Crippen molar-refractivity contribution in [1.82, 2.24) is 20.4 Å². The number of nitrogens with one attached hydrogen (secondary N) is 2. The highest BCUT2D eigenvalue weighted by molar-refractivity contribution is 5.95. The standard InChI is InChI=1S/C21H18F4N4O3/c1-32-17-12-29(14-6-4-5-13(11-14)21(23,24)25)28-18(17)20(31)27-10-9-26-19(30)15-7-2-3-8-16(15)22/h2-8,11-12H,9-10H2,1H3,(H,26,30)(H,27,31). The van der Waals surface area contributed by atoms with Crippen LogP contribution in [0.3, 0.4) is 0 Å². The molecule has 2 aromatic carbocycles. The maximum Gasteiger partial charge on any atom is 0.416 e. The molecule has 1 aromatic heterocycles. The second-order valence-corrected chi connectivity index (χ2v) is 6.53. The van der Waals surface area contributed by atoms with Gasteiger partial charge in [-0.25, -0.2) is 9.07 Å². The topological polar surface area (TPSA) is 85.2 Å². The second-order valence-electron chi connectivity index (χ2n) is 6.53. The van der Waals surface area contributed by atoms with Crippen molar-refractivity contribution in [2.75, 3.05) is 20.2 Å². The summed E-state index contributed by atoms with van der Waals surface area (Å²) in [5, 5.41) is 9.00. The van der Waals surface area contributed by atoms with Crippen LogP contribution in [0.2, 0.25) is 0 Å². The van der Waals surface area contributed by atoms with Gasteiger partial charge in [0.15, 0.2) is 11.4 Å². The Morgan fingerprint density at radius 3 is 2.38 bits per heavy atom. The number of rotatable bonds is 7. The predicted octanol–water partition coefficient (Wildman–Crippen LogP) is 3.20. The summed E-state index contributed by atoms with van der Waals surface area (Å²) < 4.78 is 58.7. The van der Waals surface area contributed by atoms with Crippen molar-refractivity contribution in [1.29, 1.82) is 0 Å². The molecular formula is C21H18F4N4O3. The number of carbonyl (C=O) groups is 2. The number of hydrogen-bond donors (Lipinski definition) is 2. The molecule has 3 rings (SSSR count). The number of benzene rings is 2. The van der Waals surface area contributed by atoms with E-state index in [0.717, 1.165) is 22.9 Å². The van der Waals surface area contributed by atoms with Crippen LogP contribution in [0.15, 0.2) is 54.7 Å². The summed E-state index contributed by atoms with van der Waals surface area (Å²) in [5.74, 6) is -1.91. The molecule has 0 spiro atoms. The van der Waals surface area contributed by atoms with Crippen molar-refractivity contribution in [3.05, 3.63) is 77.4 Å². The number of amides is 2. The smallest absolute Gasteiger partial charge is 0.416 e. The molecule has 1 heterocycles. The summed E-state index contributed by atoms with van der Waals surface area (Å²) in [6.07, 6.45) is -3.25. The maximum absolute atomic E-state index is 13.6. The number of ether oxygens (including phenoxy) is 1. The Labute approximate surface area is 180 Å². The van der Waals surface area contributed by atoms with Crippen LogP contribution in [0.25, 0.3) is 5.69 Å². The Hall–Kier alpha value is -3.89. The molecule has 168 valence electrons. The zero-order valence-electron chi connectivity index (χ0n) is 16.7. The number of halogens is 4. The summed E-state index contributed by atoms with van der Waals surface area (Å²) >= 11 is 0. The number of hydrogen-bond acceptors (Lipinski definition) is 4. The summed E-state index contributed by atoms with van der Waals surface area (Å²) in [5.41, 5.74) is -1.04. The van der Waals surface area contributed by atoms with Crippen molar-refractivity contribution in [2.45, 2.75) is 6.18 Å². The van der Waals surface area contributed by atoms with Crippen LogP contribution in [0.4, 0.5) is 17.6 Å². The maximum atomic E-state index is 13.6. The van der Waals surface area contributed by atoms with Gasteiger partial charge >= 0.3 is 6.18 Å². The van der Waals surface area contributed by atoms with Gasteiger partial charge in [0.05, 0.1) is 30.1 Å². The summed E-state index contributed by atoms with van der Waals surface area (Å²) in [4.78, 5) is 24.4. The van der Waals surface area contributed by atoms with Crippen molar-refractivity contribution < 1.29 is 31.9 Å². The first-order valence-electron chi connectivity index (χ1n) is 9.33. The minimum absolute atomic E-state index is 0.00139. The molecule has 0 unspecified atom stereocenters. The number of carbonyl (C=O) groups excluding carboxylic acids is 2. The average Bonchev–Trinajstić information content (AvgIpc) is 3.21. The van der Waals surface area contributed by atoms with Crippen LogP contribution in [-0.2, 0) is 6.18 Å². The second kappa shape index (κ2) is 9.50. The largest absolute Gasteiger partial charge is 0.493 e. The van der Waals surface area contributed by atoms with Crippen LogP contribution < -0.4 is 15.4 Å². The van der Waals surface area contributed by atoms with E-state index < -0.39 is 29.4 Å². The Balaban J connectivity index is 1.64. The van der Waals surface area contributed by atoms with Crippen molar-refractivity contribution >= 4 is 11.8 Å². The van der Waals surface area contributed by atoms with E-state index in [1.807, 2.05) is 0 Å². The molecule has 0 bridgehead atoms. The molecule has 0 aliphatic rings. The van der Waals surface area contributed by atoms with Crippen LogP contribution in [0.5, 0.6) is 5.75 Å². The molecule has 0 aliphatic carbocycles. The van der Waals surface area contributed by atoms with Gasteiger partial charge in [0.2, 0.25) is 0 Å². The molecule has 11 heteroatoms. The third-order valence-electron chi connectivity index (χ3n) is 4.37. The predicted molar refractivity (Wildman–Crippen MR) is 106 cm³/mol. The van der Waals surface area contributed by atoms with Gasteiger partial charge in [0.1, 0.15) is 5.82 Å². The summed E-state index contributed by atoms with van der Waals surface area (Å²) in [7, 11) is 1.29. The summed E-state index contributed by atoms with van der Waals surface area (Å²) in [6.45, 7) is 0.00809. The number of alkyl halides is 3. The van der Waals surface area contributed by atoms with E-state index >= 15 is 0 Å². The van der Waals surface area contributed by atoms with Gasteiger partial charge in [0, 0.05) is 13.1 Å². The van der Waals surface area contributed by atoms with Crippen LogP contribution in [0.1, 0.15) is 26.4 Å². The minimum atomic E-state index is -4.53. The fourth-order valence-corrected chi connectivity index (χ4v) is 2.80. The quantitative estimate of drug-likeness (QED) is 0.428. The van der Waals surface area contributed by atoms with E-state index in [1.165, 1.54) is 43.6 Å². The number of aromatic nitrogens is 2. The van der Waals surface area contributed by atoms with Crippen molar-refractivity contribution in [3.63, 3.8) is 0 Å². The fourth-order valence-electron chi connectivity index (χ4n) is 2.80. The molecule has 7 nitrogen and oxygen atoms in total. The lowest BCUT2D eigenvalue weighted by Crippen LogP contribution is -2.35. The minimum Gasteiger partial charge on any atom is -0.493 e. The lowest BCUT2D eigenvalue weighted by atomic mass is 10.2. The van der Waals surface area contributed by atoms with E-state index in [9.17, 15) is 27.2 Å². The van der Waals surface area contributed by atoms with Gasteiger partial charge < -0.3 is 15.4 Å². The summed E-state index contributed by atoms with van der Waals surface area (Å²) in [6, 6.07) is 9.91. The van der Waals surface area contributed by atoms with E-state index in [4.69, 9.17) is 4.74 Å². The first-order valence-corrected chi connectivity index (χ1v) is 9.33. The molecule has 0 radical (unpaired) electrons. The number of methoxy groups -OCH3 is 1. The fraction of sp³-hybridized carbons (Fsp3) is 0.190. The molecule has 0 aliphatic heterocycles. The van der Waals surface area contributed by atoms with Gasteiger partial charge in [-0.1, -0.05) is 18.2 Å². The van der Waals surface area contributed by atoms with E-state index in [1.54, 1.807) is 0 Å². The molecule has 0 fully saturated rings. The van der Waals surface area contributed by atoms with Crippen molar-refractivity contribution in [3.8, 4) is 11.4 Å². The molecule has 0 atom stereocenters. The van der Waals surface area contributed by atoms with Crippen LogP contribution in [-0.4, -0.2) is 41.8 Å². The number of nitrogens with zero attached hydrogens (tertiary/aromatic N) is 2. The zero-order chi connectivity index (χ0) is 23.3. The SMILES string of the molecule is COc1cn(-c2cccc(C(F)(F)F)c2)nc1C(=O)NCCNC(=O)c1ccccc1F. The van der Waals surface area contributed by atoms with Gasteiger partial charge in [-0.3, -0.25) is 9.59 Å². The van der Waals surface area contributed by atoms with E-state index in [-0.39, 0.29) is 35.8 Å². The van der Waals surface area contributed by atoms with Crippen molar-refractivity contribution in [2.24, 2.45) is 0 Å². The lowest BCUT2D eigenvalue weighted by Gasteiger charge is -2.08. The van der Waals surface area contributed by atoms with E-state index in [0.29, 0.717) is 0 Å². The molecule has 32 heavy (non-hydrogen) atoms. The Morgan fingerprint density at radius 1 is 1.03 bits per heavy atom. The highest BCUT2D eigenvalue weighted by atomic mass is 19.4. The monoisotopic (exact) mass is 450 g/mol. The molecule has 3 aromatic rings. The Morgan fingerprint density at radius 2 is 1.72 bits per heavy atom. The molecule has 0 saturated carbocycles. The third-order valence-corrected chi connectivity index (χ3v) is 4.37. The third kappa shape index (κ3) is 5.23. The van der Waals surface area contributed by atoms with Crippen LogP contribution in [0, 0.1) is 5.82 Å². The van der Waals surface area contributed by atoms with Gasteiger partial charge in [-0.05, 0) is 30.3 Å². The zero-order valence-corrected chi connectivity index (χ0v) is 16.7. The van der Waals surface area contributed by atoms with Gasteiger partial charge in [-0.15, -0.1) is 0 Å². The first-order chi connectivity index (χ1) is 15.2.